The molecular weight excluding hydrogens is 896 g/mol. The zero-order valence-corrected chi connectivity index (χ0v) is 41.3. The standard InChI is InChI=1S/C70H51BN2O/c1-2-3-23-47-44-64-67-65(45-47)73(69-55(50-28-12-6-13-29-50)35-21-36-56(69)51-30-14-7-15-31-51)63-43-42-52(57-37-22-38-59-58-32-16-19-41-66(58)74-70(57)59)46-61(63)71(67)60-39-17-18-40-62(60)72(64)68-53(48-24-8-4-9-25-48)33-20-34-54(68)49-26-10-5-11-27-49/h4-22,24-46H,2-3,23H2,1H3. The van der Waals surface area contributed by atoms with Crippen molar-refractivity contribution in [2.45, 2.75) is 26.2 Å². The summed E-state index contributed by atoms with van der Waals surface area (Å²) in [6.45, 7) is 2.19. The number of para-hydroxylation sites is 5. The van der Waals surface area contributed by atoms with Crippen molar-refractivity contribution in [2.24, 2.45) is 0 Å². The molecule has 0 unspecified atom stereocenters. The Morgan fingerprint density at radius 1 is 0.365 bits per heavy atom. The Kier molecular flexibility index (Phi) is 10.7. The first-order valence-corrected chi connectivity index (χ1v) is 26.1. The summed E-state index contributed by atoms with van der Waals surface area (Å²) in [5.41, 5.74) is 25.6. The van der Waals surface area contributed by atoms with Crippen molar-refractivity contribution in [1.82, 2.24) is 0 Å². The summed E-state index contributed by atoms with van der Waals surface area (Å²) in [6.07, 6.45) is 3.13. The molecule has 0 bridgehead atoms. The first-order chi connectivity index (χ1) is 36.7. The Labute approximate surface area is 433 Å². The number of hydrogen-bond donors (Lipinski definition) is 0. The van der Waals surface area contributed by atoms with Gasteiger partial charge in [-0.3, -0.25) is 0 Å². The lowest BCUT2D eigenvalue weighted by Gasteiger charge is -2.46. The van der Waals surface area contributed by atoms with E-state index in [1.54, 1.807) is 0 Å². The molecule has 350 valence electrons. The zero-order chi connectivity index (χ0) is 49.1. The van der Waals surface area contributed by atoms with Gasteiger partial charge in [-0.2, -0.15) is 0 Å². The molecule has 3 nitrogen and oxygen atoms in total. The molecule has 0 N–H and O–H groups in total. The molecule has 1 aromatic heterocycles. The van der Waals surface area contributed by atoms with Gasteiger partial charge >= 0.3 is 0 Å². The Morgan fingerprint density at radius 2 is 0.824 bits per heavy atom. The highest BCUT2D eigenvalue weighted by molar-refractivity contribution is 7.00. The van der Waals surface area contributed by atoms with Crippen LogP contribution in [0.25, 0.3) is 77.6 Å². The van der Waals surface area contributed by atoms with Crippen molar-refractivity contribution < 1.29 is 4.42 Å². The third kappa shape index (κ3) is 7.12. The summed E-state index contributed by atoms with van der Waals surface area (Å²) in [6, 6.07) is 94.1. The van der Waals surface area contributed by atoms with E-state index in [0.717, 1.165) is 58.0 Å². The normalized spacial score (nSPS) is 12.5. The highest BCUT2D eigenvalue weighted by Crippen LogP contribution is 2.53. The lowest BCUT2D eigenvalue weighted by Crippen LogP contribution is -2.61. The number of nitrogens with zero attached hydrogens (tertiary/aromatic N) is 2. The minimum Gasteiger partial charge on any atom is -0.455 e. The van der Waals surface area contributed by atoms with Crippen molar-refractivity contribution in [2.75, 3.05) is 9.80 Å². The van der Waals surface area contributed by atoms with E-state index in [9.17, 15) is 0 Å². The molecule has 0 saturated carbocycles. The van der Waals surface area contributed by atoms with Crippen molar-refractivity contribution in [3.8, 4) is 55.6 Å². The van der Waals surface area contributed by atoms with Gasteiger partial charge in [0.2, 0.25) is 0 Å². The van der Waals surface area contributed by atoms with Crippen molar-refractivity contribution in [3.05, 3.63) is 260 Å². The number of unbranched alkanes of at least 4 members (excludes halogenated alkanes) is 1. The monoisotopic (exact) mass is 946 g/mol. The molecule has 0 saturated heterocycles. The van der Waals surface area contributed by atoms with E-state index in [2.05, 4.69) is 272 Å². The molecule has 74 heavy (non-hydrogen) atoms. The number of furan rings is 1. The number of rotatable bonds is 10. The molecular formula is C70H51BN2O. The number of hydrogen-bond acceptors (Lipinski definition) is 3. The second-order valence-corrected chi connectivity index (χ2v) is 19.7. The van der Waals surface area contributed by atoms with E-state index >= 15 is 0 Å². The second kappa shape index (κ2) is 18.2. The largest absolute Gasteiger partial charge is 0.455 e. The summed E-state index contributed by atoms with van der Waals surface area (Å²) >= 11 is 0. The molecule has 0 radical (unpaired) electrons. The van der Waals surface area contributed by atoms with Gasteiger partial charge in [-0.15, -0.1) is 0 Å². The van der Waals surface area contributed by atoms with Crippen LogP contribution in [0.5, 0.6) is 0 Å². The Balaban J connectivity index is 1.13. The van der Waals surface area contributed by atoms with Crippen LogP contribution in [0.1, 0.15) is 25.3 Å². The number of fused-ring (bicyclic) bond motifs is 7. The molecule has 11 aromatic carbocycles. The highest BCUT2D eigenvalue weighted by atomic mass is 16.3. The van der Waals surface area contributed by atoms with Gasteiger partial charge in [-0.1, -0.05) is 238 Å². The van der Waals surface area contributed by atoms with E-state index in [0.29, 0.717) is 0 Å². The predicted molar refractivity (Wildman–Crippen MR) is 314 cm³/mol. The van der Waals surface area contributed by atoms with E-state index in [4.69, 9.17) is 4.42 Å². The molecule has 0 amide bonds. The number of anilines is 6. The van der Waals surface area contributed by atoms with Gasteiger partial charge in [0.05, 0.1) is 11.4 Å². The minimum absolute atomic E-state index is 0.109. The molecule has 2 aliphatic heterocycles. The predicted octanol–water partition coefficient (Wildman–Crippen LogP) is 17.3. The Morgan fingerprint density at radius 3 is 1.38 bits per heavy atom. The van der Waals surface area contributed by atoms with Gasteiger partial charge < -0.3 is 14.2 Å². The summed E-state index contributed by atoms with van der Waals surface area (Å²) in [4.78, 5) is 5.28. The van der Waals surface area contributed by atoms with Gasteiger partial charge in [0.25, 0.3) is 6.71 Å². The van der Waals surface area contributed by atoms with Crippen LogP contribution in [-0.2, 0) is 6.42 Å². The van der Waals surface area contributed by atoms with Gasteiger partial charge in [0.15, 0.2) is 0 Å². The van der Waals surface area contributed by atoms with E-state index in [-0.39, 0.29) is 6.71 Å². The Hall–Kier alpha value is -9.12. The first-order valence-electron chi connectivity index (χ1n) is 26.1. The van der Waals surface area contributed by atoms with E-state index < -0.39 is 0 Å². The third-order valence-electron chi connectivity index (χ3n) is 15.4. The van der Waals surface area contributed by atoms with Gasteiger partial charge in [0, 0.05) is 61.3 Å². The topological polar surface area (TPSA) is 19.6 Å². The van der Waals surface area contributed by atoms with Crippen LogP contribution >= 0.6 is 0 Å². The maximum atomic E-state index is 6.78. The van der Waals surface area contributed by atoms with Gasteiger partial charge in [-0.25, -0.2) is 0 Å². The molecule has 0 aliphatic carbocycles. The summed E-state index contributed by atoms with van der Waals surface area (Å²) in [7, 11) is 0. The lowest BCUT2D eigenvalue weighted by molar-refractivity contribution is 0.670. The summed E-state index contributed by atoms with van der Waals surface area (Å²) in [5, 5.41) is 2.25. The van der Waals surface area contributed by atoms with Crippen LogP contribution in [0.4, 0.5) is 34.1 Å². The van der Waals surface area contributed by atoms with Crippen LogP contribution in [0.15, 0.2) is 259 Å². The maximum absolute atomic E-state index is 6.78. The van der Waals surface area contributed by atoms with Crippen molar-refractivity contribution in [3.63, 3.8) is 0 Å². The molecule has 3 heterocycles. The molecule has 12 aromatic rings. The fourth-order valence-electron chi connectivity index (χ4n) is 12.1. The van der Waals surface area contributed by atoms with E-state index in [1.807, 2.05) is 0 Å². The smallest absolute Gasteiger partial charge is 0.252 e. The summed E-state index contributed by atoms with van der Waals surface area (Å²) in [5.74, 6) is 0. The molecule has 0 fully saturated rings. The average Bonchev–Trinajstić information content (AvgIpc) is 3.95. The Bertz CT molecular complexity index is 3940. The first kappa shape index (κ1) is 43.7. The minimum atomic E-state index is -0.109. The molecule has 0 spiro atoms. The van der Waals surface area contributed by atoms with Crippen molar-refractivity contribution in [1.29, 1.82) is 0 Å². The molecule has 14 rings (SSSR count). The van der Waals surface area contributed by atoms with Crippen molar-refractivity contribution >= 4 is 79.2 Å². The zero-order valence-electron chi connectivity index (χ0n) is 41.3. The quantitative estimate of drug-likeness (QED) is 0.127. The van der Waals surface area contributed by atoms with Gasteiger partial charge in [0.1, 0.15) is 11.2 Å². The highest BCUT2D eigenvalue weighted by Gasteiger charge is 2.45. The fourth-order valence-corrected chi connectivity index (χ4v) is 12.1. The number of aryl methyl sites for hydroxylation is 1. The average molecular weight is 947 g/mol. The van der Waals surface area contributed by atoms with Crippen LogP contribution < -0.4 is 26.2 Å². The SMILES string of the molecule is CCCCc1cc2c3c(c1)N(c1c(-c4ccccc4)cccc1-c1ccccc1)c1ccc(-c4cccc5c4oc4ccccc45)cc1B3c1ccccc1N2c1c(-c2ccccc2)cccc1-c1ccccc1. The van der Waals surface area contributed by atoms with Gasteiger partial charge in [-0.05, 0) is 92.9 Å². The van der Waals surface area contributed by atoms with Crippen LogP contribution in [0.3, 0.4) is 0 Å². The summed E-state index contributed by atoms with van der Waals surface area (Å²) < 4.78 is 6.78. The lowest BCUT2D eigenvalue weighted by atomic mass is 9.33. The van der Waals surface area contributed by atoms with Crippen LogP contribution in [0.2, 0.25) is 0 Å². The molecule has 4 heteroatoms. The second-order valence-electron chi connectivity index (χ2n) is 19.7. The van der Waals surface area contributed by atoms with Crippen LogP contribution in [0, 0.1) is 0 Å². The maximum Gasteiger partial charge on any atom is 0.252 e. The number of benzene rings is 11. The van der Waals surface area contributed by atoms with E-state index in [1.165, 1.54) is 94.9 Å². The third-order valence-corrected chi connectivity index (χ3v) is 15.4. The van der Waals surface area contributed by atoms with Crippen LogP contribution in [-0.4, -0.2) is 6.71 Å². The molecule has 2 aliphatic rings. The molecule has 0 atom stereocenters. The fraction of sp³-hybridized carbons (Fsp3) is 0.0571.